The van der Waals surface area contributed by atoms with Gasteiger partial charge in [-0.25, -0.2) is 4.98 Å². The second-order valence-electron chi connectivity index (χ2n) is 9.75. The Balaban J connectivity index is 1.55. The van der Waals surface area contributed by atoms with Crippen LogP contribution in [-0.4, -0.2) is 28.7 Å². The standard InChI is InChI=1S/C26H30N4O2/c1-17-16-30(13-12-23(17)32-20-9-6-18(7-10-20)26(2,3)4)22-14-24(31)29(5)21-11-8-19(15-27)28-25(21)22/h6-11,14,17,23H,12-13,16H2,1-5H3/t17-,23+/m1/s1. The van der Waals surface area contributed by atoms with E-state index in [1.165, 1.54) is 5.56 Å². The molecule has 1 aromatic carbocycles. The molecule has 1 saturated heterocycles. The maximum Gasteiger partial charge on any atom is 0.252 e. The zero-order valence-corrected chi connectivity index (χ0v) is 19.4. The van der Waals surface area contributed by atoms with E-state index >= 15 is 0 Å². The minimum Gasteiger partial charge on any atom is -0.490 e. The van der Waals surface area contributed by atoms with Crippen molar-refractivity contribution in [2.45, 2.75) is 45.6 Å². The largest absolute Gasteiger partial charge is 0.490 e. The zero-order chi connectivity index (χ0) is 23.0. The van der Waals surface area contributed by atoms with Crippen molar-refractivity contribution in [1.82, 2.24) is 9.55 Å². The molecule has 0 spiro atoms. The quantitative estimate of drug-likeness (QED) is 0.616. The molecular weight excluding hydrogens is 400 g/mol. The Hall–Kier alpha value is -3.33. The predicted octanol–water partition coefficient (Wildman–Crippen LogP) is 4.40. The Morgan fingerprint density at radius 3 is 2.50 bits per heavy atom. The number of aryl methyl sites for hydroxylation is 1. The highest BCUT2D eigenvalue weighted by atomic mass is 16.5. The van der Waals surface area contributed by atoms with Gasteiger partial charge < -0.3 is 14.2 Å². The SMILES string of the molecule is C[C@@H]1CN(c2cc(=O)n(C)c3ccc(C#N)nc23)CC[C@@H]1Oc1ccc(C(C)(C)C)cc1. The molecule has 32 heavy (non-hydrogen) atoms. The molecule has 2 aromatic heterocycles. The van der Waals surface area contributed by atoms with Gasteiger partial charge in [0.05, 0.1) is 11.2 Å². The lowest BCUT2D eigenvalue weighted by Crippen LogP contribution is -2.45. The Bertz CT molecular complexity index is 1230. The van der Waals surface area contributed by atoms with Gasteiger partial charge in [0, 0.05) is 38.5 Å². The highest BCUT2D eigenvalue weighted by Crippen LogP contribution is 2.31. The van der Waals surface area contributed by atoms with Gasteiger partial charge in [-0.1, -0.05) is 39.8 Å². The second-order valence-corrected chi connectivity index (χ2v) is 9.75. The van der Waals surface area contributed by atoms with E-state index < -0.39 is 0 Å². The average molecular weight is 431 g/mol. The fourth-order valence-electron chi connectivity index (χ4n) is 4.34. The van der Waals surface area contributed by atoms with Crippen LogP contribution in [0.4, 0.5) is 5.69 Å². The van der Waals surface area contributed by atoms with Crippen molar-refractivity contribution in [1.29, 1.82) is 5.26 Å². The first-order valence-corrected chi connectivity index (χ1v) is 11.1. The molecule has 3 aromatic rings. The number of anilines is 1. The highest BCUT2D eigenvalue weighted by Gasteiger charge is 2.29. The summed E-state index contributed by atoms with van der Waals surface area (Å²) in [5.41, 5.74) is 3.89. The molecule has 0 bridgehead atoms. The molecule has 3 heterocycles. The van der Waals surface area contributed by atoms with Gasteiger partial charge >= 0.3 is 0 Å². The third-order valence-corrected chi connectivity index (χ3v) is 6.36. The van der Waals surface area contributed by atoms with Gasteiger partial charge in [-0.2, -0.15) is 5.26 Å². The minimum absolute atomic E-state index is 0.0797. The van der Waals surface area contributed by atoms with Crippen LogP contribution in [0.3, 0.4) is 0 Å². The first-order valence-electron chi connectivity index (χ1n) is 11.1. The highest BCUT2D eigenvalue weighted by molar-refractivity contribution is 5.88. The van der Waals surface area contributed by atoms with E-state index in [-0.39, 0.29) is 23.0 Å². The summed E-state index contributed by atoms with van der Waals surface area (Å²) in [5.74, 6) is 1.16. The van der Waals surface area contributed by atoms with E-state index in [4.69, 9.17) is 4.74 Å². The summed E-state index contributed by atoms with van der Waals surface area (Å²) in [7, 11) is 1.73. The topological polar surface area (TPSA) is 71.2 Å². The number of piperidine rings is 1. The number of rotatable bonds is 3. The van der Waals surface area contributed by atoms with E-state index in [0.717, 1.165) is 36.5 Å². The maximum absolute atomic E-state index is 12.6. The van der Waals surface area contributed by atoms with E-state index in [9.17, 15) is 10.1 Å². The van der Waals surface area contributed by atoms with Crippen molar-refractivity contribution >= 4 is 16.7 Å². The number of nitriles is 1. The number of aromatic nitrogens is 2. The van der Waals surface area contributed by atoms with Crippen molar-refractivity contribution in [3.8, 4) is 11.8 Å². The summed E-state index contributed by atoms with van der Waals surface area (Å²) >= 11 is 0. The lowest BCUT2D eigenvalue weighted by Gasteiger charge is -2.38. The van der Waals surface area contributed by atoms with E-state index in [1.54, 1.807) is 29.8 Å². The molecule has 6 heteroatoms. The maximum atomic E-state index is 12.6. The van der Waals surface area contributed by atoms with Gasteiger partial charge in [-0.15, -0.1) is 0 Å². The molecule has 0 aliphatic carbocycles. The van der Waals surface area contributed by atoms with Crippen LogP contribution in [0.15, 0.2) is 47.3 Å². The van der Waals surface area contributed by atoms with Gasteiger partial charge in [-0.05, 0) is 35.2 Å². The smallest absolute Gasteiger partial charge is 0.252 e. The predicted molar refractivity (Wildman–Crippen MR) is 127 cm³/mol. The third kappa shape index (κ3) is 4.20. The Labute approximate surface area is 189 Å². The number of pyridine rings is 2. The molecule has 1 fully saturated rings. The van der Waals surface area contributed by atoms with Gasteiger partial charge in [0.25, 0.3) is 5.56 Å². The van der Waals surface area contributed by atoms with E-state index in [2.05, 4.69) is 67.9 Å². The average Bonchev–Trinajstić information content (AvgIpc) is 2.77. The summed E-state index contributed by atoms with van der Waals surface area (Å²) in [6.07, 6.45) is 0.948. The molecule has 166 valence electrons. The number of hydrogen-bond acceptors (Lipinski definition) is 5. The third-order valence-electron chi connectivity index (χ3n) is 6.36. The van der Waals surface area contributed by atoms with Crippen molar-refractivity contribution in [3.63, 3.8) is 0 Å². The number of benzene rings is 1. The number of fused-ring (bicyclic) bond motifs is 1. The Kier molecular flexibility index (Phi) is 5.68. The summed E-state index contributed by atoms with van der Waals surface area (Å²) in [4.78, 5) is 19.3. The fraction of sp³-hybridized carbons (Fsp3) is 0.423. The summed E-state index contributed by atoms with van der Waals surface area (Å²) in [5, 5.41) is 9.29. The molecule has 0 unspecified atom stereocenters. The van der Waals surface area contributed by atoms with E-state index in [0.29, 0.717) is 11.2 Å². The van der Waals surface area contributed by atoms with Gasteiger partial charge in [0.1, 0.15) is 29.1 Å². The molecule has 1 aliphatic rings. The molecule has 2 atom stereocenters. The molecule has 0 radical (unpaired) electrons. The van der Waals surface area contributed by atoms with Crippen LogP contribution in [0.5, 0.6) is 5.75 Å². The first kappa shape index (κ1) is 21.9. The van der Waals surface area contributed by atoms with Crippen molar-refractivity contribution in [2.75, 3.05) is 18.0 Å². The Morgan fingerprint density at radius 1 is 1.16 bits per heavy atom. The van der Waals surface area contributed by atoms with Crippen LogP contribution < -0.4 is 15.2 Å². The zero-order valence-electron chi connectivity index (χ0n) is 19.4. The molecule has 6 nitrogen and oxygen atoms in total. The molecular formula is C26H30N4O2. The first-order chi connectivity index (χ1) is 15.2. The molecule has 0 saturated carbocycles. The van der Waals surface area contributed by atoms with Crippen LogP contribution in [0.1, 0.15) is 45.4 Å². The fourth-order valence-corrected chi connectivity index (χ4v) is 4.34. The summed E-state index contributed by atoms with van der Waals surface area (Å²) in [6, 6.07) is 15.6. The number of hydrogen-bond donors (Lipinski definition) is 0. The van der Waals surface area contributed by atoms with E-state index in [1.807, 2.05) is 0 Å². The normalized spacial score (nSPS) is 19.1. The molecule has 4 rings (SSSR count). The molecule has 0 amide bonds. The van der Waals surface area contributed by atoms with Crippen molar-refractivity contribution < 1.29 is 4.74 Å². The van der Waals surface area contributed by atoms with Gasteiger partial charge in [-0.3, -0.25) is 4.79 Å². The molecule has 1 aliphatic heterocycles. The van der Waals surface area contributed by atoms with Crippen LogP contribution in [0, 0.1) is 17.2 Å². The van der Waals surface area contributed by atoms with Gasteiger partial charge in [0.2, 0.25) is 0 Å². The van der Waals surface area contributed by atoms with Crippen LogP contribution >= 0.6 is 0 Å². The van der Waals surface area contributed by atoms with Crippen molar-refractivity contribution in [3.05, 3.63) is 64.1 Å². The van der Waals surface area contributed by atoms with Crippen molar-refractivity contribution in [2.24, 2.45) is 13.0 Å². The summed E-state index contributed by atoms with van der Waals surface area (Å²) in [6.45, 7) is 10.3. The van der Waals surface area contributed by atoms with Crippen LogP contribution in [-0.2, 0) is 12.5 Å². The van der Waals surface area contributed by atoms with Gasteiger partial charge in [0.15, 0.2) is 0 Å². The number of nitrogens with zero attached hydrogens (tertiary/aromatic N) is 4. The lowest BCUT2D eigenvalue weighted by atomic mass is 9.87. The Morgan fingerprint density at radius 2 is 1.88 bits per heavy atom. The molecule has 0 N–H and O–H groups in total. The number of ether oxygens (including phenoxy) is 1. The second kappa shape index (κ2) is 8.31. The monoisotopic (exact) mass is 430 g/mol. The van der Waals surface area contributed by atoms with Crippen LogP contribution in [0.2, 0.25) is 0 Å². The summed E-state index contributed by atoms with van der Waals surface area (Å²) < 4.78 is 7.91. The minimum atomic E-state index is -0.0797. The van der Waals surface area contributed by atoms with Crippen LogP contribution in [0.25, 0.3) is 11.0 Å². The lowest BCUT2D eigenvalue weighted by molar-refractivity contribution is 0.121.